The Morgan fingerprint density at radius 3 is 2.70 bits per heavy atom. The highest BCUT2D eigenvalue weighted by atomic mass is 16.1. The van der Waals surface area contributed by atoms with Gasteiger partial charge in [-0.25, -0.2) is 4.98 Å². The number of carbonyl (C=O) groups is 1. The van der Waals surface area contributed by atoms with Crippen LogP contribution < -0.4 is 5.32 Å². The number of amides is 1. The van der Waals surface area contributed by atoms with E-state index in [1.54, 1.807) is 31.0 Å². The molecule has 0 saturated carbocycles. The Morgan fingerprint density at radius 2 is 1.86 bits per heavy atom. The second kappa shape index (κ2) is 9.27. The first kappa shape index (κ1) is 22.5. The molecule has 1 aromatic carbocycles. The van der Waals surface area contributed by atoms with Gasteiger partial charge in [0, 0.05) is 41.5 Å². The third-order valence-corrected chi connectivity index (χ3v) is 6.07. The number of imidazole rings is 1. The SMILES string of the molecule is CC(C)CC(=O)Nc1cncc(-c2ccc3[nH]nc(-c4nc5c(-c6ccccn6)cncc5[nH]4)c3c2)c1. The highest BCUT2D eigenvalue weighted by Crippen LogP contribution is 2.32. The molecule has 0 aliphatic heterocycles. The van der Waals surface area contributed by atoms with Crippen molar-refractivity contribution in [2.24, 2.45) is 5.92 Å². The molecule has 6 aromatic rings. The van der Waals surface area contributed by atoms with Crippen molar-refractivity contribution in [3.63, 3.8) is 0 Å². The molecule has 0 saturated heterocycles. The van der Waals surface area contributed by atoms with Gasteiger partial charge in [0.05, 0.1) is 34.8 Å². The number of nitrogens with zero attached hydrogens (tertiary/aromatic N) is 5. The molecular formula is C28H24N8O. The summed E-state index contributed by atoms with van der Waals surface area (Å²) in [7, 11) is 0. The van der Waals surface area contributed by atoms with Crippen molar-refractivity contribution in [3.05, 3.63) is 73.4 Å². The highest BCUT2D eigenvalue weighted by molar-refractivity contribution is 5.98. The van der Waals surface area contributed by atoms with Crippen molar-refractivity contribution < 1.29 is 4.79 Å². The highest BCUT2D eigenvalue weighted by Gasteiger charge is 2.17. The summed E-state index contributed by atoms with van der Waals surface area (Å²) < 4.78 is 0. The average Bonchev–Trinajstić information content (AvgIpc) is 3.52. The molecule has 9 nitrogen and oxygen atoms in total. The normalized spacial score (nSPS) is 11.4. The lowest BCUT2D eigenvalue weighted by Crippen LogP contribution is -2.13. The number of fused-ring (bicyclic) bond motifs is 2. The van der Waals surface area contributed by atoms with Crippen molar-refractivity contribution in [1.29, 1.82) is 0 Å². The molecular weight excluding hydrogens is 464 g/mol. The van der Waals surface area contributed by atoms with E-state index < -0.39 is 0 Å². The Balaban J connectivity index is 1.38. The van der Waals surface area contributed by atoms with Crippen LogP contribution in [0.25, 0.3) is 55.8 Å². The summed E-state index contributed by atoms with van der Waals surface area (Å²) in [6.07, 6.45) is 9.18. The maximum atomic E-state index is 12.2. The zero-order valence-corrected chi connectivity index (χ0v) is 20.4. The van der Waals surface area contributed by atoms with E-state index in [1.165, 1.54) is 0 Å². The Hall–Kier alpha value is -4.92. The quantitative estimate of drug-likeness (QED) is 0.280. The molecule has 0 bridgehead atoms. The molecule has 0 unspecified atom stereocenters. The van der Waals surface area contributed by atoms with Gasteiger partial charge in [-0.1, -0.05) is 26.0 Å². The van der Waals surface area contributed by atoms with E-state index in [9.17, 15) is 4.79 Å². The van der Waals surface area contributed by atoms with Crippen molar-refractivity contribution in [2.45, 2.75) is 20.3 Å². The van der Waals surface area contributed by atoms with Gasteiger partial charge < -0.3 is 10.3 Å². The largest absolute Gasteiger partial charge is 0.335 e. The summed E-state index contributed by atoms with van der Waals surface area (Å²) >= 11 is 0. The van der Waals surface area contributed by atoms with Crippen LogP contribution >= 0.6 is 0 Å². The summed E-state index contributed by atoms with van der Waals surface area (Å²) in [6.45, 7) is 4.04. The molecule has 5 aromatic heterocycles. The molecule has 1 amide bonds. The first-order chi connectivity index (χ1) is 18.0. The fourth-order valence-corrected chi connectivity index (χ4v) is 4.38. The van der Waals surface area contributed by atoms with Crippen LogP contribution in [0.1, 0.15) is 20.3 Å². The molecule has 5 heterocycles. The van der Waals surface area contributed by atoms with Gasteiger partial charge in [0.15, 0.2) is 5.82 Å². The lowest BCUT2D eigenvalue weighted by molar-refractivity contribution is -0.116. The molecule has 0 aliphatic rings. The second-order valence-electron chi connectivity index (χ2n) is 9.32. The number of carbonyl (C=O) groups excluding carboxylic acids is 1. The molecule has 0 aliphatic carbocycles. The summed E-state index contributed by atoms with van der Waals surface area (Å²) in [4.78, 5) is 33.6. The molecule has 0 atom stereocenters. The van der Waals surface area contributed by atoms with E-state index in [0.717, 1.165) is 44.3 Å². The van der Waals surface area contributed by atoms with Gasteiger partial charge in [0.25, 0.3) is 0 Å². The lowest BCUT2D eigenvalue weighted by atomic mass is 10.0. The number of aromatic amines is 2. The van der Waals surface area contributed by atoms with Gasteiger partial charge in [-0.15, -0.1) is 0 Å². The van der Waals surface area contributed by atoms with Crippen LogP contribution in [0.5, 0.6) is 0 Å². The minimum Gasteiger partial charge on any atom is -0.335 e. The van der Waals surface area contributed by atoms with E-state index >= 15 is 0 Å². The third-order valence-electron chi connectivity index (χ3n) is 6.07. The summed E-state index contributed by atoms with van der Waals surface area (Å²) in [5.41, 5.74) is 7.35. The topological polar surface area (TPSA) is 125 Å². The van der Waals surface area contributed by atoms with Crippen LogP contribution in [-0.4, -0.2) is 41.0 Å². The molecule has 6 rings (SSSR count). The van der Waals surface area contributed by atoms with E-state index in [4.69, 9.17) is 4.98 Å². The zero-order valence-electron chi connectivity index (χ0n) is 20.4. The maximum absolute atomic E-state index is 12.2. The molecule has 0 radical (unpaired) electrons. The third kappa shape index (κ3) is 4.42. The number of hydrogen-bond donors (Lipinski definition) is 3. The maximum Gasteiger partial charge on any atom is 0.224 e. The lowest BCUT2D eigenvalue weighted by Gasteiger charge is -2.09. The molecule has 3 N–H and O–H groups in total. The van der Waals surface area contributed by atoms with Crippen LogP contribution in [0.3, 0.4) is 0 Å². The Labute approximate surface area is 212 Å². The zero-order chi connectivity index (χ0) is 25.4. The number of benzene rings is 1. The number of hydrogen-bond acceptors (Lipinski definition) is 6. The second-order valence-corrected chi connectivity index (χ2v) is 9.32. The molecule has 182 valence electrons. The predicted molar refractivity (Wildman–Crippen MR) is 144 cm³/mol. The summed E-state index contributed by atoms with van der Waals surface area (Å²) in [6, 6.07) is 13.7. The first-order valence-electron chi connectivity index (χ1n) is 12.0. The van der Waals surface area contributed by atoms with Gasteiger partial charge in [0.1, 0.15) is 11.2 Å². The first-order valence-corrected chi connectivity index (χ1v) is 12.0. The minimum absolute atomic E-state index is 0.0222. The van der Waals surface area contributed by atoms with Crippen molar-refractivity contribution in [3.8, 4) is 33.9 Å². The Kier molecular flexibility index (Phi) is 5.65. The molecule has 0 fully saturated rings. The van der Waals surface area contributed by atoms with Crippen LogP contribution in [-0.2, 0) is 4.79 Å². The van der Waals surface area contributed by atoms with Gasteiger partial charge in [-0.3, -0.25) is 24.8 Å². The number of nitrogens with one attached hydrogen (secondary N) is 3. The number of anilines is 1. The van der Waals surface area contributed by atoms with Crippen molar-refractivity contribution in [2.75, 3.05) is 5.32 Å². The molecule has 9 heteroatoms. The standard InChI is InChI=1S/C28H24N8O/c1-16(2)9-25(37)32-19-10-18(12-29-13-19)17-6-7-23-20(11-17)27(36-35-23)28-33-24-15-30-14-21(26(24)34-28)22-5-3-4-8-31-22/h3-8,10-16H,9H2,1-2H3,(H,32,37)(H,33,34)(H,35,36). The van der Waals surface area contributed by atoms with E-state index in [1.807, 2.05) is 50.2 Å². The summed E-state index contributed by atoms with van der Waals surface area (Å²) in [5.74, 6) is 0.898. The van der Waals surface area contributed by atoms with Gasteiger partial charge in [0.2, 0.25) is 5.91 Å². The van der Waals surface area contributed by atoms with Crippen molar-refractivity contribution in [1.82, 2.24) is 35.1 Å². The van der Waals surface area contributed by atoms with E-state index in [-0.39, 0.29) is 11.8 Å². The fraction of sp³-hybridized carbons (Fsp3) is 0.143. The van der Waals surface area contributed by atoms with Crippen molar-refractivity contribution >= 4 is 33.5 Å². The number of aromatic nitrogens is 7. The molecule has 37 heavy (non-hydrogen) atoms. The smallest absolute Gasteiger partial charge is 0.224 e. The minimum atomic E-state index is -0.0222. The van der Waals surface area contributed by atoms with Crippen LogP contribution in [0.2, 0.25) is 0 Å². The predicted octanol–water partition coefficient (Wildman–Crippen LogP) is 5.61. The molecule has 0 spiro atoms. The number of rotatable bonds is 6. The van der Waals surface area contributed by atoms with Gasteiger partial charge >= 0.3 is 0 Å². The van der Waals surface area contributed by atoms with Crippen LogP contribution in [0.15, 0.2) is 73.4 Å². The van der Waals surface area contributed by atoms with E-state index in [0.29, 0.717) is 23.6 Å². The van der Waals surface area contributed by atoms with E-state index in [2.05, 4.69) is 41.5 Å². The monoisotopic (exact) mass is 488 g/mol. The van der Waals surface area contributed by atoms with Crippen LogP contribution in [0.4, 0.5) is 5.69 Å². The fourth-order valence-electron chi connectivity index (χ4n) is 4.38. The average molecular weight is 489 g/mol. The summed E-state index contributed by atoms with van der Waals surface area (Å²) in [5, 5.41) is 11.5. The van der Waals surface area contributed by atoms with Gasteiger partial charge in [-0.05, 0) is 41.8 Å². The number of pyridine rings is 3. The van der Waals surface area contributed by atoms with Gasteiger partial charge in [-0.2, -0.15) is 5.10 Å². The Morgan fingerprint density at radius 1 is 0.973 bits per heavy atom. The number of H-pyrrole nitrogens is 2. The Bertz CT molecular complexity index is 1740. The van der Waals surface area contributed by atoms with Crippen LogP contribution in [0, 0.1) is 5.92 Å².